The largest absolute Gasteiger partial charge is 0.493 e. The van der Waals surface area contributed by atoms with Crippen LogP contribution < -0.4 is 14.8 Å². The number of aromatic nitrogens is 3. The zero-order valence-corrected chi connectivity index (χ0v) is 14.2. The number of fused-ring (bicyclic) bond motifs is 2. The van der Waals surface area contributed by atoms with Crippen LogP contribution >= 0.6 is 0 Å². The highest BCUT2D eigenvalue weighted by molar-refractivity contribution is 5.98. The molecule has 0 amide bonds. The molecule has 0 atom stereocenters. The van der Waals surface area contributed by atoms with Gasteiger partial charge in [0.1, 0.15) is 6.07 Å². The lowest BCUT2D eigenvalue weighted by molar-refractivity contribution is 0.356. The van der Waals surface area contributed by atoms with Crippen molar-refractivity contribution in [2.75, 3.05) is 19.5 Å². The normalized spacial score (nSPS) is 10.7. The number of H-pyrrole nitrogens is 1. The quantitative estimate of drug-likeness (QED) is 0.585. The minimum atomic E-state index is 0.439. The van der Waals surface area contributed by atoms with Gasteiger partial charge < -0.3 is 19.8 Å². The molecule has 0 bridgehead atoms. The molecule has 0 aliphatic carbocycles. The van der Waals surface area contributed by atoms with Crippen molar-refractivity contribution in [1.82, 2.24) is 15.0 Å². The third kappa shape index (κ3) is 2.54. The molecule has 2 heterocycles. The molecule has 2 aromatic carbocycles. The Labute approximate surface area is 149 Å². The van der Waals surface area contributed by atoms with Crippen LogP contribution in [0.25, 0.3) is 21.9 Å². The molecule has 2 N–H and O–H groups in total. The van der Waals surface area contributed by atoms with Crippen LogP contribution in [0.1, 0.15) is 5.56 Å². The van der Waals surface area contributed by atoms with E-state index in [4.69, 9.17) is 9.47 Å². The number of aromatic amines is 1. The summed E-state index contributed by atoms with van der Waals surface area (Å²) in [6, 6.07) is 11.6. The SMILES string of the molecule is COc1cc2ncc(C#N)c(Nc3ccc4nc[nH]c4c3)c2cc1OC. The zero-order chi connectivity index (χ0) is 18.1. The number of hydrogen-bond donors (Lipinski definition) is 2. The number of benzene rings is 2. The van der Waals surface area contributed by atoms with Crippen molar-refractivity contribution >= 4 is 33.3 Å². The second-order valence-corrected chi connectivity index (χ2v) is 5.64. The van der Waals surface area contributed by atoms with Gasteiger partial charge in [-0.05, 0) is 24.3 Å². The van der Waals surface area contributed by atoms with E-state index in [0.717, 1.165) is 22.1 Å². The molecule has 0 saturated carbocycles. The Morgan fingerprint density at radius 3 is 2.62 bits per heavy atom. The lowest BCUT2D eigenvalue weighted by atomic mass is 10.1. The molecule has 26 heavy (non-hydrogen) atoms. The number of methoxy groups -OCH3 is 2. The van der Waals surface area contributed by atoms with Gasteiger partial charge in [0.25, 0.3) is 0 Å². The van der Waals surface area contributed by atoms with E-state index in [0.29, 0.717) is 28.3 Å². The Hall–Kier alpha value is -3.79. The van der Waals surface area contributed by atoms with E-state index in [9.17, 15) is 5.26 Å². The van der Waals surface area contributed by atoms with Crippen molar-refractivity contribution in [2.24, 2.45) is 0 Å². The van der Waals surface area contributed by atoms with Gasteiger partial charge in [0.05, 0.1) is 48.3 Å². The predicted octanol–water partition coefficient (Wildman–Crippen LogP) is 3.74. The van der Waals surface area contributed by atoms with Crippen LogP contribution in [0.5, 0.6) is 11.5 Å². The molecular formula is C19H15N5O2. The number of anilines is 2. The van der Waals surface area contributed by atoms with E-state index in [-0.39, 0.29) is 0 Å². The summed E-state index contributed by atoms with van der Waals surface area (Å²) in [7, 11) is 3.15. The highest BCUT2D eigenvalue weighted by Crippen LogP contribution is 2.37. The van der Waals surface area contributed by atoms with Crippen molar-refractivity contribution in [1.29, 1.82) is 5.26 Å². The summed E-state index contributed by atoms with van der Waals surface area (Å²) in [6.45, 7) is 0. The lowest BCUT2D eigenvalue weighted by Gasteiger charge is -2.14. The molecule has 0 saturated heterocycles. The van der Waals surface area contributed by atoms with Crippen LogP contribution in [-0.2, 0) is 0 Å². The number of nitriles is 1. The molecule has 0 unspecified atom stereocenters. The van der Waals surface area contributed by atoms with Crippen LogP contribution in [0.2, 0.25) is 0 Å². The molecule has 7 nitrogen and oxygen atoms in total. The molecule has 0 aliphatic rings. The van der Waals surface area contributed by atoms with Crippen molar-refractivity contribution in [2.45, 2.75) is 0 Å². The fourth-order valence-electron chi connectivity index (χ4n) is 2.90. The van der Waals surface area contributed by atoms with Crippen molar-refractivity contribution < 1.29 is 9.47 Å². The van der Waals surface area contributed by atoms with Crippen LogP contribution in [0.4, 0.5) is 11.4 Å². The van der Waals surface area contributed by atoms with Gasteiger partial charge in [-0.25, -0.2) is 4.98 Å². The number of rotatable bonds is 4. The van der Waals surface area contributed by atoms with Gasteiger partial charge in [0.15, 0.2) is 11.5 Å². The Balaban J connectivity index is 1.89. The maximum absolute atomic E-state index is 9.52. The average molecular weight is 345 g/mol. The van der Waals surface area contributed by atoms with Crippen molar-refractivity contribution in [3.8, 4) is 17.6 Å². The lowest BCUT2D eigenvalue weighted by Crippen LogP contribution is -1.98. The van der Waals surface area contributed by atoms with E-state index < -0.39 is 0 Å². The standard InChI is InChI=1S/C19H15N5O2/c1-25-17-6-13-15(7-18(17)26-2)21-9-11(8-20)19(13)24-12-3-4-14-16(5-12)23-10-22-14/h3-7,9-10H,1-2H3,(H,21,24)(H,22,23). The third-order valence-corrected chi connectivity index (χ3v) is 4.18. The molecule has 4 aromatic rings. The number of ether oxygens (including phenoxy) is 2. The summed E-state index contributed by atoms with van der Waals surface area (Å²) in [4.78, 5) is 11.7. The second kappa shape index (κ2) is 6.26. The van der Waals surface area contributed by atoms with E-state index in [1.165, 1.54) is 0 Å². The number of nitrogens with zero attached hydrogens (tertiary/aromatic N) is 3. The molecule has 128 valence electrons. The number of pyridine rings is 1. The first-order valence-electron chi connectivity index (χ1n) is 7.88. The van der Waals surface area contributed by atoms with Crippen molar-refractivity contribution in [3.05, 3.63) is 48.4 Å². The van der Waals surface area contributed by atoms with Crippen LogP contribution in [0, 0.1) is 11.3 Å². The van der Waals surface area contributed by atoms with Gasteiger partial charge in [-0.3, -0.25) is 4.98 Å². The first-order chi connectivity index (χ1) is 12.7. The third-order valence-electron chi connectivity index (χ3n) is 4.18. The maximum Gasteiger partial charge on any atom is 0.162 e. The van der Waals surface area contributed by atoms with Crippen LogP contribution in [0.3, 0.4) is 0 Å². The minimum absolute atomic E-state index is 0.439. The van der Waals surface area contributed by atoms with Gasteiger partial charge in [0.2, 0.25) is 0 Å². The van der Waals surface area contributed by atoms with Crippen LogP contribution in [-0.4, -0.2) is 29.2 Å². The van der Waals surface area contributed by atoms with Gasteiger partial charge in [-0.2, -0.15) is 5.26 Å². The van der Waals surface area contributed by atoms with E-state index in [1.54, 1.807) is 32.8 Å². The Morgan fingerprint density at radius 2 is 1.85 bits per heavy atom. The topological polar surface area (TPSA) is 95.9 Å². The highest BCUT2D eigenvalue weighted by Gasteiger charge is 2.14. The summed E-state index contributed by atoms with van der Waals surface area (Å²) >= 11 is 0. The van der Waals surface area contributed by atoms with Gasteiger partial charge in [0, 0.05) is 23.3 Å². The van der Waals surface area contributed by atoms with E-state index >= 15 is 0 Å². The first-order valence-corrected chi connectivity index (χ1v) is 7.88. The molecular weight excluding hydrogens is 330 g/mol. The zero-order valence-electron chi connectivity index (χ0n) is 14.2. The van der Waals surface area contributed by atoms with E-state index in [1.807, 2.05) is 24.3 Å². The Bertz CT molecular complexity index is 1160. The predicted molar refractivity (Wildman–Crippen MR) is 98.9 cm³/mol. The maximum atomic E-state index is 9.52. The summed E-state index contributed by atoms with van der Waals surface area (Å²) in [5.41, 5.74) is 4.42. The molecule has 0 spiro atoms. The molecule has 0 aliphatic heterocycles. The molecule has 0 fully saturated rings. The molecule has 0 radical (unpaired) electrons. The second-order valence-electron chi connectivity index (χ2n) is 5.64. The smallest absolute Gasteiger partial charge is 0.162 e. The van der Waals surface area contributed by atoms with Gasteiger partial charge in [-0.15, -0.1) is 0 Å². The number of hydrogen-bond acceptors (Lipinski definition) is 6. The Morgan fingerprint density at radius 1 is 1.04 bits per heavy atom. The van der Waals surface area contributed by atoms with Gasteiger partial charge >= 0.3 is 0 Å². The number of imidazole rings is 1. The van der Waals surface area contributed by atoms with Crippen LogP contribution in [0.15, 0.2) is 42.9 Å². The number of nitrogens with one attached hydrogen (secondary N) is 2. The molecule has 4 rings (SSSR count). The Kier molecular flexibility index (Phi) is 3.78. The minimum Gasteiger partial charge on any atom is -0.493 e. The highest BCUT2D eigenvalue weighted by atomic mass is 16.5. The summed E-state index contributed by atoms with van der Waals surface area (Å²) < 4.78 is 10.7. The first kappa shape index (κ1) is 15.7. The fraction of sp³-hybridized carbons (Fsp3) is 0.105. The van der Waals surface area contributed by atoms with Gasteiger partial charge in [-0.1, -0.05) is 0 Å². The average Bonchev–Trinajstić information content (AvgIpc) is 3.15. The summed E-state index contributed by atoms with van der Waals surface area (Å²) in [6.07, 6.45) is 3.19. The van der Waals surface area contributed by atoms with E-state index in [2.05, 4.69) is 26.3 Å². The summed E-state index contributed by atoms with van der Waals surface area (Å²) in [5, 5.41) is 13.6. The summed E-state index contributed by atoms with van der Waals surface area (Å²) in [5.74, 6) is 1.16. The molecule has 7 heteroatoms. The van der Waals surface area contributed by atoms with Crippen molar-refractivity contribution in [3.63, 3.8) is 0 Å². The fourth-order valence-corrected chi connectivity index (χ4v) is 2.90. The monoisotopic (exact) mass is 345 g/mol. The molecule has 2 aromatic heterocycles.